The third-order valence-corrected chi connectivity index (χ3v) is 2.77. The number of rotatable bonds is 5. The van der Waals surface area contributed by atoms with Crippen LogP contribution in [-0.2, 0) is 0 Å². The highest BCUT2D eigenvalue weighted by Gasteiger charge is 2.03. The van der Waals surface area contributed by atoms with Crippen molar-refractivity contribution in [2.45, 2.75) is 0 Å². The Balaban J connectivity index is 1.85. The van der Waals surface area contributed by atoms with E-state index in [1.165, 1.54) is 6.21 Å². The molecule has 0 aliphatic heterocycles. The van der Waals surface area contributed by atoms with E-state index < -0.39 is 0 Å². The van der Waals surface area contributed by atoms with Gasteiger partial charge in [-0.15, -0.1) is 0 Å². The minimum absolute atomic E-state index is 0.262. The molecular formula is C17H16N2O2. The van der Waals surface area contributed by atoms with E-state index in [0.29, 0.717) is 11.3 Å². The molecule has 1 N–H and O–H groups in total. The summed E-state index contributed by atoms with van der Waals surface area (Å²) in [6.07, 6.45) is 5.21. The van der Waals surface area contributed by atoms with Crippen LogP contribution in [0.1, 0.15) is 15.9 Å². The Kier molecular flexibility index (Phi) is 5.29. The van der Waals surface area contributed by atoms with Gasteiger partial charge in [0.1, 0.15) is 5.75 Å². The lowest BCUT2D eigenvalue weighted by Gasteiger charge is -2.01. The highest BCUT2D eigenvalue weighted by atomic mass is 16.5. The lowest BCUT2D eigenvalue weighted by molar-refractivity contribution is 0.0955. The smallest absolute Gasteiger partial charge is 0.271 e. The summed E-state index contributed by atoms with van der Waals surface area (Å²) >= 11 is 0. The minimum Gasteiger partial charge on any atom is -0.497 e. The second kappa shape index (κ2) is 7.65. The molecular weight excluding hydrogens is 264 g/mol. The van der Waals surface area contributed by atoms with E-state index in [-0.39, 0.29) is 5.91 Å². The third kappa shape index (κ3) is 4.62. The summed E-state index contributed by atoms with van der Waals surface area (Å²) in [7, 11) is 1.58. The highest BCUT2D eigenvalue weighted by molar-refractivity contribution is 5.94. The standard InChI is InChI=1S/C17H16N2O2/c1-21-16-11-9-15(10-12-16)17(20)19-18-13-5-8-14-6-3-2-4-7-14/h2-13H,1H3,(H,19,20)/b8-5+,18-13+. The Hall–Kier alpha value is -2.88. The predicted octanol–water partition coefficient (Wildman–Crippen LogP) is 3.12. The molecule has 0 heterocycles. The van der Waals surface area contributed by atoms with Crippen molar-refractivity contribution < 1.29 is 9.53 Å². The maximum atomic E-state index is 11.8. The quantitative estimate of drug-likeness (QED) is 0.675. The Morgan fingerprint density at radius 2 is 1.81 bits per heavy atom. The van der Waals surface area contributed by atoms with Crippen molar-refractivity contribution in [3.05, 3.63) is 71.8 Å². The zero-order chi connectivity index (χ0) is 14.9. The average molecular weight is 280 g/mol. The van der Waals surface area contributed by atoms with Gasteiger partial charge in [-0.3, -0.25) is 4.79 Å². The van der Waals surface area contributed by atoms with Crippen LogP contribution in [-0.4, -0.2) is 19.2 Å². The van der Waals surface area contributed by atoms with Crippen molar-refractivity contribution in [2.75, 3.05) is 7.11 Å². The first-order valence-electron chi connectivity index (χ1n) is 6.49. The molecule has 0 bridgehead atoms. The first kappa shape index (κ1) is 14.5. The van der Waals surface area contributed by atoms with Crippen LogP contribution < -0.4 is 10.2 Å². The minimum atomic E-state index is -0.262. The number of hydrogen-bond acceptors (Lipinski definition) is 3. The number of ether oxygens (including phenoxy) is 1. The molecule has 2 rings (SSSR count). The lowest BCUT2D eigenvalue weighted by Crippen LogP contribution is -2.17. The van der Waals surface area contributed by atoms with E-state index in [4.69, 9.17) is 4.74 Å². The van der Waals surface area contributed by atoms with Gasteiger partial charge >= 0.3 is 0 Å². The van der Waals surface area contributed by atoms with Gasteiger partial charge in [0.2, 0.25) is 0 Å². The van der Waals surface area contributed by atoms with Crippen LogP contribution in [0.25, 0.3) is 6.08 Å². The number of nitrogens with zero attached hydrogens (tertiary/aromatic N) is 1. The topological polar surface area (TPSA) is 50.7 Å². The fraction of sp³-hybridized carbons (Fsp3) is 0.0588. The van der Waals surface area contributed by atoms with Crippen LogP contribution in [0, 0.1) is 0 Å². The van der Waals surface area contributed by atoms with Crippen molar-refractivity contribution in [2.24, 2.45) is 5.10 Å². The maximum Gasteiger partial charge on any atom is 0.271 e. The monoisotopic (exact) mass is 280 g/mol. The number of carbonyl (C=O) groups excluding carboxylic acids is 1. The molecule has 0 spiro atoms. The van der Waals surface area contributed by atoms with Gasteiger partial charge < -0.3 is 4.74 Å². The van der Waals surface area contributed by atoms with E-state index in [0.717, 1.165) is 5.56 Å². The number of hydrogen-bond donors (Lipinski definition) is 1. The van der Waals surface area contributed by atoms with Crippen LogP contribution in [0.4, 0.5) is 0 Å². The molecule has 4 nitrogen and oxygen atoms in total. The van der Waals surface area contributed by atoms with Crippen molar-refractivity contribution in [1.29, 1.82) is 0 Å². The summed E-state index contributed by atoms with van der Waals surface area (Å²) in [6.45, 7) is 0. The molecule has 0 fully saturated rings. The van der Waals surface area contributed by atoms with Crippen molar-refractivity contribution >= 4 is 18.2 Å². The molecule has 1 amide bonds. The van der Waals surface area contributed by atoms with Gasteiger partial charge in [0.05, 0.1) is 7.11 Å². The molecule has 2 aromatic rings. The molecule has 0 atom stereocenters. The Morgan fingerprint density at radius 1 is 1.10 bits per heavy atom. The van der Waals surface area contributed by atoms with Gasteiger partial charge in [0.15, 0.2) is 0 Å². The van der Waals surface area contributed by atoms with Crippen molar-refractivity contribution in [3.8, 4) is 5.75 Å². The zero-order valence-electron chi connectivity index (χ0n) is 11.7. The largest absolute Gasteiger partial charge is 0.497 e. The number of nitrogens with one attached hydrogen (secondary N) is 1. The fourth-order valence-electron chi connectivity index (χ4n) is 1.66. The first-order chi connectivity index (χ1) is 10.3. The molecule has 21 heavy (non-hydrogen) atoms. The fourth-order valence-corrected chi connectivity index (χ4v) is 1.66. The van der Waals surface area contributed by atoms with Crippen LogP contribution in [0.2, 0.25) is 0 Å². The van der Waals surface area contributed by atoms with E-state index >= 15 is 0 Å². The van der Waals surface area contributed by atoms with Crippen LogP contribution in [0.5, 0.6) is 5.75 Å². The lowest BCUT2D eigenvalue weighted by atomic mass is 10.2. The summed E-state index contributed by atoms with van der Waals surface area (Å²) in [5, 5.41) is 3.86. The summed E-state index contributed by atoms with van der Waals surface area (Å²) < 4.78 is 5.03. The van der Waals surface area contributed by atoms with Gasteiger partial charge in [-0.05, 0) is 35.9 Å². The van der Waals surface area contributed by atoms with E-state index in [1.54, 1.807) is 37.5 Å². The summed E-state index contributed by atoms with van der Waals surface area (Å²) in [4.78, 5) is 11.8. The molecule has 2 aromatic carbocycles. The number of methoxy groups -OCH3 is 1. The maximum absolute atomic E-state index is 11.8. The first-order valence-corrected chi connectivity index (χ1v) is 6.49. The van der Waals surface area contributed by atoms with Gasteiger partial charge in [-0.1, -0.05) is 36.4 Å². The predicted molar refractivity (Wildman–Crippen MR) is 84.4 cm³/mol. The summed E-state index contributed by atoms with van der Waals surface area (Å²) in [5.41, 5.74) is 4.06. The Labute approximate surface area is 123 Å². The molecule has 106 valence electrons. The molecule has 0 aliphatic carbocycles. The number of benzene rings is 2. The van der Waals surface area contributed by atoms with Gasteiger partial charge in [0.25, 0.3) is 5.91 Å². The second-order valence-electron chi connectivity index (χ2n) is 4.22. The summed E-state index contributed by atoms with van der Waals surface area (Å²) in [5.74, 6) is 0.447. The van der Waals surface area contributed by atoms with Gasteiger partial charge in [0, 0.05) is 11.8 Å². The van der Waals surface area contributed by atoms with E-state index in [1.807, 2.05) is 36.4 Å². The van der Waals surface area contributed by atoms with Gasteiger partial charge in [-0.25, -0.2) is 5.43 Å². The van der Waals surface area contributed by atoms with E-state index in [9.17, 15) is 4.79 Å². The molecule has 4 heteroatoms. The average Bonchev–Trinajstić information content (AvgIpc) is 2.55. The van der Waals surface area contributed by atoms with Crippen LogP contribution in [0.15, 0.2) is 65.8 Å². The van der Waals surface area contributed by atoms with Crippen LogP contribution >= 0.6 is 0 Å². The molecule has 0 saturated carbocycles. The molecule has 0 radical (unpaired) electrons. The second-order valence-corrected chi connectivity index (χ2v) is 4.22. The SMILES string of the molecule is COc1ccc(C(=O)N/N=C/C=C/c2ccccc2)cc1. The van der Waals surface area contributed by atoms with Crippen LogP contribution in [0.3, 0.4) is 0 Å². The molecule has 0 unspecified atom stereocenters. The molecule has 0 aliphatic rings. The molecule has 0 saturated heterocycles. The summed E-state index contributed by atoms with van der Waals surface area (Å²) in [6, 6.07) is 16.7. The van der Waals surface area contributed by atoms with E-state index in [2.05, 4.69) is 10.5 Å². The normalized spacial score (nSPS) is 10.9. The third-order valence-electron chi connectivity index (χ3n) is 2.77. The Morgan fingerprint density at radius 3 is 2.48 bits per heavy atom. The number of carbonyl (C=O) groups is 1. The zero-order valence-corrected chi connectivity index (χ0v) is 11.7. The van der Waals surface area contributed by atoms with Gasteiger partial charge in [-0.2, -0.15) is 5.10 Å². The Bertz CT molecular complexity index is 632. The number of amides is 1. The highest BCUT2D eigenvalue weighted by Crippen LogP contribution is 2.10. The number of hydrazone groups is 1. The molecule has 0 aromatic heterocycles. The van der Waals surface area contributed by atoms with Crippen molar-refractivity contribution in [3.63, 3.8) is 0 Å². The van der Waals surface area contributed by atoms with Crippen molar-refractivity contribution in [1.82, 2.24) is 5.43 Å². The number of allylic oxidation sites excluding steroid dienone is 1.